The van der Waals surface area contributed by atoms with E-state index < -0.39 is 5.97 Å². The molecule has 2 aromatic rings. The lowest BCUT2D eigenvalue weighted by Crippen LogP contribution is -2.18. The lowest BCUT2D eigenvalue weighted by molar-refractivity contribution is 0.0697. The van der Waals surface area contributed by atoms with Crippen LogP contribution in [0.1, 0.15) is 39.9 Å². The molecule has 0 amide bonds. The number of carbonyl (C=O) groups is 1. The van der Waals surface area contributed by atoms with Gasteiger partial charge in [-0.1, -0.05) is 36.4 Å². The van der Waals surface area contributed by atoms with Crippen molar-refractivity contribution < 1.29 is 9.90 Å². The van der Waals surface area contributed by atoms with Gasteiger partial charge in [-0.25, -0.2) is 4.79 Å². The average molecular weight is 324 g/mol. The average Bonchev–Trinajstić information content (AvgIpc) is 3.09. The zero-order chi connectivity index (χ0) is 16.8. The van der Waals surface area contributed by atoms with E-state index in [2.05, 4.69) is 34.5 Å². The molecule has 1 heterocycles. The number of rotatable bonds is 7. The van der Waals surface area contributed by atoms with Gasteiger partial charge in [0.25, 0.3) is 0 Å². The summed E-state index contributed by atoms with van der Waals surface area (Å²) in [5.41, 5.74) is 4.08. The molecule has 0 bridgehead atoms. The summed E-state index contributed by atoms with van der Waals surface area (Å²) in [6, 6.07) is 15.8. The molecule has 0 aromatic heterocycles. The van der Waals surface area contributed by atoms with Crippen LogP contribution in [0.25, 0.3) is 0 Å². The van der Waals surface area contributed by atoms with Gasteiger partial charge in [0.2, 0.25) is 0 Å². The maximum atomic E-state index is 10.8. The number of likely N-dealkylation sites (tertiary alicyclic amines) is 1. The van der Waals surface area contributed by atoms with Crippen LogP contribution >= 0.6 is 0 Å². The van der Waals surface area contributed by atoms with E-state index >= 15 is 0 Å². The molecule has 0 saturated carbocycles. The molecule has 1 aliphatic rings. The predicted molar refractivity (Wildman–Crippen MR) is 94.9 cm³/mol. The number of carboxylic acid groups (broad SMARTS) is 1. The van der Waals surface area contributed by atoms with Crippen LogP contribution in [0.2, 0.25) is 0 Å². The van der Waals surface area contributed by atoms with Crippen LogP contribution in [-0.4, -0.2) is 29.1 Å². The molecule has 0 radical (unpaired) electrons. The van der Waals surface area contributed by atoms with Crippen LogP contribution in [0.3, 0.4) is 0 Å². The molecule has 2 aromatic carbocycles. The van der Waals surface area contributed by atoms with Crippen LogP contribution in [-0.2, 0) is 19.6 Å². The second-order valence-corrected chi connectivity index (χ2v) is 6.41. The highest BCUT2D eigenvalue weighted by molar-refractivity contribution is 5.87. The Kier molecular flexibility index (Phi) is 5.62. The van der Waals surface area contributed by atoms with Gasteiger partial charge in [0.05, 0.1) is 5.56 Å². The van der Waals surface area contributed by atoms with Crippen molar-refractivity contribution >= 4 is 5.97 Å². The Bertz CT molecular complexity index is 676. The minimum Gasteiger partial charge on any atom is -0.478 e. The van der Waals surface area contributed by atoms with Crippen LogP contribution in [0.4, 0.5) is 0 Å². The normalized spacial score (nSPS) is 14.8. The molecule has 2 N–H and O–H groups in total. The van der Waals surface area contributed by atoms with E-state index in [1.54, 1.807) is 12.1 Å². The molecule has 0 aliphatic carbocycles. The number of benzene rings is 2. The molecule has 3 rings (SSSR count). The van der Waals surface area contributed by atoms with Crippen molar-refractivity contribution in [2.75, 3.05) is 13.1 Å². The maximum absolute atomic E-state index is 10.8. The van der Waals surface area contributed by atoms with Crippen LogP contribution in [0, 0.1) is 0 Å². The van der Waals surface area contributed by atoms with E-state index in [4.69, 9.17) is 5.11 Å². The van der Waals surface area contributed by atoms with Crippen LogP contribution < -0.4 is 5.32 Å². The van der Waals surface area contributed by atoms with Crippen molar-refractivity contribution in [1.82, 2.24) is 10.2 Å². The number of aromatic carboxylic acids is 1. The van der Waals surface area contributed by atoms with E-state index in [-0.39, 0.29) is 0 Å². The Morgan fingerprint density at radius 3 is 2.33 bits per heavy atom. The molecule has 0 unspecified atom stereocenters. The zero-order valence-corrected chi connectivity index (χ0v) is 13.9. The minimum absolute atomic E-state index is 0.327. The van der Waals surface area contributed by atoms with Crippen molar-refractivity contribution in [2.24, 2.45) is 0 Å². The first-order chi connectivity index (χ1) is 11.7. The first kappa shape index (κ1) is 16.7. The van der Waals surface area contributed by atoms with Crippen molar-refractivity contribution in [3.05, 3.63) is 70.8 Å². The van der Waals surface area contributed by atoms with Gasteiger partial charge >= 0.3 is 5.97 Å². The Morgan fingerprint density at radius 1 is 0.958 bits per heavy atom. The maximum Gasteiger partial charge on any atom is 0.335 e. The van der Waals surface area contributed by atoms with E-state index in [9.17, 15) is 4.79 Å². The van der Waals surface area contributed by atoms with Gasteiger partial charge in [0.15, 0.2) is 0 Å². The lowest BCUT2D eigenvalue weighted by atomic mass is 10.1. The standard InChI is InChI=1S/C20H24N2O2/c23-20(24)19-8-6-16(7-9-19)13-21-14-17-4-3-5-18(12-17)15-22-10-1-2-11-22/h3-9,12,21H,1-2,10-11,13-15H2,(H,23,24). The first-order valence-electron chi connectivity index (χ1n) is 8.54. The molecule has 126 valence electrons. The number of nitrogens with one attached hydrogen (secondary N) is 1. The smallest absolute Gasteiger partial charge is 0.335 e. The molecule has 4 nitrogen and oxygen atoms in total. The third-order valence-corrected chi connectivity index (χ3v) is 4.46. The van der Waals surface area contributed by atoms with Gasteiger partial charge in [0.1, 0.15) is 0 Å². The highest BCUT2D eigenvalue weighted by atomic mass is 16.4. The van der Waals surface area contributed by atoms with Crippen LogP contribution in [0.15, 0.2) is 48.5 Å². The minimum atomic E-state index is -0.885. The van der Waals surface area contributed by atoms with E-state index in [0.717, 1.165) is 25.2 Å². The molecule has 1 saturated heterocycles. The first-order valence-corrected chi connectivity index (χ1v) is 8.54. The third-order valence-electron chi connectivity index (χ3n) is 4.46. The number of hydrogen-bond donors (Lipinski definition) is 2. The summed E-state index contributed by atoms with van der Waals surface area (Å²) in [5.74, 6) is -0.885. The summed E-state index contributed by atoms with van der Waals surface area (Å²) >= 11 is 0. The summed E-state index contributed by atoms with van der Waals surface area (Å²) < 4.78 is 0. The number of hydrogen-bond acceptors (Lipinski definition) is 3. The Morgan fingerprint density at radius 2 is 1.62 bits per heavy atom. The van der Waals surface area contributed by atoms with Gasteiger partial charge in [-0.15, -0.1) is 0 Å². The molecule has 4 heteroatoms. The van der Waals surface area contributed by atoms with Gasteiger partial charge in [-0.2, -0.15) is 0 Å². The van der Waals surface area contributed by atoms with Gasteiger partial charge in [-0.05, 0) is 54.8 Å². The molecule has 0 atom stereocenters. The Hall–Kier alpha value is -2.17. The van der Waals surface area contributed by atoms with Crippen LogP contribution in [0.5, 0.6) is 0 Å². The molecule has 1 fully saturated rings. The second-order valence-electron chi connectivity index (χ2n) is 6.41. The predicted octanol–water partition coefficient (Wildman–Crippen LogP) is 3.27. The fourth-order valence-corrected chi connectivity index (χ4v) is 3.15. The van der Waals surface area contributed by atoms with Gasteiger partial charge in [0, 0.05) is 19.6 Å². The number of carboxylic acids is 1. The van der Waals surface area contributed by atoms with Gasteiger partial charge < -0.3 is 10.4 Å². The molecular formula is C20H24N2O2. The topological polar surface area (TPSA) is 52.6 Å². The summed E-state index contributed by atoms with van der Waals surface area (Å²) in [6.07, 6.45) is 2.64. The third kappa shape index (κ3) is 4.66. The zero-order valence-electron chi connectivity index (χ0n) is 13.9. The van der Waals surface area contributed by atoms with Crippen molar-refractivity contribution in [3.63, 3.8) is 0 Å². The monoisotopic (exact) mass is 324 g/mol. The molecule has 0 spiro atoms. The summed E-state index contributed by atoms with van der Waals surface area (Å²) in [4.78, 5) is 13.4. The van der Waals surface area contributed by atoms with Crippen molar-refractivity contribution in [2.45, 2.75) is 32.5 Å². The Labute approximate surface area is 143 Å². The summed E-state index contributed by atoms with van der Waals surface area (Å²) in [6.45, 7) is 5.03. The van der Waals surface area contributed by atoms with Gasteiger partial charge in [-0.3, -0.25) is 4.90 Å². The molecule has 24 heavy (non-hydrogen) atoms. The van der Waals surface area contributed by atoms with Crippen molar-refractivity contribution in [3.8, 4) is 0 Å². The molecule has 1 aliphatic heterocycles. The fraction of sp³-hybridized carbons (Fsp3) is 0.350. The highest BCUT2D eigenvalue weighted by Gasteiger charge is 2.11. The summed E-state index contributed by atoms with van der Waals surface area (Å²) in [5, 5.41) is 12.3. The summed E-state index contributed by atoms with van der Waals surface area (Å²) in [7, 11) is 0. The van der Waals surface area contributed by atoms with E-state index in [0.29, 0.717) is 5.56 Å². The van der Waals surface area contributed by atoms with Crippen molar-refractivity contribution in [1.29, 1.82) is 0 Å². The lowest BCUT2D eigenvalue weighted by Gasteiger charge is -2.15. The second kappa shape index (κ2) is 8.08. The fourth-order valence-electron chi connectivity index (χ4n) is 3.15. The quantitative estimate of drug-likeness (QED) is 0.821. The SMILES string of the molecule is O=C(O)c1ccc(CNCc2cccc(CN3CCCC3)c2)cc1. The number of nitrogens with zero attached hydrogens (tertiary/aromatic N) is 1. The largest absolute Gasteiger partial charge is 0.478 e. The van der Waals surface area contributed by atoms with E-state index in [1.807, 2.05) is 12.1 Å². The highest BCUT2D eigenvalue weighted by Crippen LogP contribution is 2.14. The Balaban J connectivity index is 1.50. The molecular weight excluding hydrogens is 300 g/mol. The van der Waals surface area contributed by atoms with E-state index in [1.165, 1.54) is 37.1 Å².